The highest BCUT2D eigenvalue weighted by Crippen LogP contribution is 2.29. The molecule has 210 valence electrons. The summed E-state index contributed by atoms with van der Waals surface area (Å²) in [7, 11) is 0. The van der Waals surface area contributed by atoms with Crippen LogP contribution in [0.3, 0.4) is 0 Å². The molecule has 3 heteroatoms. The molecule has 0 aliphatic carbocycles. The molecular formula is C38H41NO2. The first-order valence-electron chi connectivity index (χ1n) is 14.5. The van der Waals surface area contributed by atoms with E-state index in [9.17, 15) is 9.90 Å². The molecule has 0 bridgehead atoms. The van der Waals surface area contributed by atoms with Gasteiger partial charge in [0, 0.05) is 5.70 Å². The molecular weight excluding hydrogens is 502 g/mol. The van der Waals surface area contributed by atoms with Gasteiger partial charge >= 0.3 is 5.97 Å². The molecule has 0 aliphatic heterocycles. The minimum Gasteiger partial charge on any atom is -0.478 e. The zero-order chi connectivity index (χ0) is 29.4. The van der Waals surface area contributed by atoms with Crippen LogP contribution in [0.25, 0.3) is 22.4 Å². The van der Waals surface area contributed by atoms with E-state index in [0.717, 1.165) is 48.1 Å². The van der Waals surface area contributed by atoms with Gasteiger partial charge in [0.05, 0.1) is 11.6 Å². The third-order valence-corrected chi connectivity index (χ3v) is 7.90. The highest BCUT2D eigenvalue weighted by Gasteiger charge is 2.14. The molecule has 0 unspecified atom stereocenters. The van der Waals surface area contributed by atoms with Crippen LogP contribution < -0.4 is 5.32 Å². The lowest BCUT2D eigenvalue weighted by molar-refractivity contribution is 0.0697. The summed E-state index contributed by atoms with van der Waals surface area (Å²) < 4.78 is 0. The number of carboxylic acids is 1. The fraction of sp³-hybridized carbons (Fsp3) is 0.237. The summed E-state index contributed by atoms with van der Waals surface area (Å²) in [4.78, 5) is 11.6. The van der Waals surface area contributed by atoms with Crippen molar-refractivity contribution >= 4 is 17.2 Å². The highest BCUT2D eigenvalue weighted by atomic mass is 16.4. The first kappa shape index (κ1) is 29.6. The van der Waals surface area contributed by atoms with Crippen LogP contribution in [0.4, 0.5) is 0 Å². The molecule has 1 atom stereocenters. The van der Waals surface area contributed by atoms with Gasteiger partial charge in [-0.2, -0.15) is 0 Å². The molecule has 0 fully saturated rings. The number of allylic oxidation sites excluding steroid dienone is 2. The number of carboxylic acid groups (broad SMARTS) is 1. The van der Waals surface area contributed by atoms with Crippen molar-refractivity contribution in [2.45, 2.75) is 59.4 Å². The van der Waals surface area contributed by atoms with Gasteiger partial charge in [-0.1, -0.05) is 104 Å². The highest BCUT2D eigenvalue weighted by molar-refractivity contribution is 5.96. The fourth-order valence-electron chi connectivity index (χ4n) is 5.26. The molecule has 2 N–H and O–H groups in total. The van der Waals surface area contributed by atoms with E-state index >= 15 is 0 Å². The quantitative estimate of drug-likeness (QED) is 0.187. The minimum absolute atomic E-state index is 0.223. The van der Waals surface area contributed by atoms with Crippen molar-refractivity contribution in [2.75, 3.05) is 0 Å². The molecule has 0 amide bonds. The zero-order valence-corrected chi connectivity index (χ0v) is 24.7. The molecule has 0 heterocycles. The molecule has 3 nitrogen and oxygen atoms in total. The Kier molecular flexibility index (Phi) is 9.97. The van der Waals surface area contributed by atoms with E-state index < -0.39 is 5.97 Å². The van der Waals surface area contributed by atoms with Crippen LogP contribution in [0.2, 0.25) is 0 Å². The Morgan fingerprint density at radius 3 is 2.17 bits per heavy atom. The number of aryl methyl sites for hydroxylation is 2. The predicted octanol–water partition coefficient (Wildman–Crippen LogP) is 9.75. The molecule has 0 aromatic heterocycles. The predicted molar refractivity (Wildman–Crippen MR) is 173 cm³/mol. The third kappa shape index (κ3) is 7.43. The monoisotopic (exact) mass is 543 g/mol. The molecule has 0 spiro atoms. The molecule has 4 rings (SSSR count). The molecule has 4 aromatic carbocycles. The number of hydrogen-bond donors (Lipinski definition) is 2. The fourth-order valence-corrected chi connectivity index (χ4v) is 5.26. The van der Waals surface area contributed by atoms with Gasteiger partial charge in [-0.05, 0) is 103 Å². The topological polar surface area (TPSA) is 49.3 Å². The zero-order valence-electron chi connectivity index (χ0n) is 24.7. The molecule has 0 radical (unpaired) electrons. The van der Waals surface area contributed by atoms with Gasteiger partial charge in [0.25, 0.3) is 0 Å². The number of aromatic carboxylic acids is 1. The lowest BCUT2D eigenvalue weighted by atomic mass is 9.91. The summed E-state index contributed by atoms with van der Waals surface area (Å²) in [6.45, 7) is 13.1. The Bertz CT molecular complexity index is 1530. The van der Waals surface area contributed by atoms with Crippen molar-refractivity contribution in [2.24, 2.45) is 0 Å². The lowest BCUT2D eigenvalue weighted by Crippen LogP contribution is -2.19. The Morgan fingerprint density at radius 2 is 1.51 bits per heavy atom. The van der Waals surface area contributed by atoms with Crippen LogP contribution in [-0.2, 0) is 12.8 Å². The standard InChI is InChI=1S/C38H41NO2/c1-6-37(32-14-8-7-9-15-32)39-28(5)33-24-23-30(36(25-33)27(4)26(2)3)16-12-13-29-19-21-31(22-20-29)34-17-10-11-18-35(34)38(40)41/h7-11,14-15,17-25,37,39H,5-6,12-13,16H2,1-4H3,(H,40,41)/t37-/m0/s1. The first-order valence-corrected chi connectivity index (χ1v) is 14.5. The van der Waals surface area contributed by atoms with Crippen LogP contribution in [0, 0.1) is 0 Å². The van der Waals surface area contributed by atoms with Crippen molar-refractivity contribution in [3.63, 3.8) is 0 Å². The van der Waals surface area contributed by atoms with Crippen LogP contribution in [0.5, 0.6) is 0 Å². The van der Waals surface area contributed by atoms with E-state index in [1.807, 2.05) is 24.3 Å². The van der Waals surface area contributed by atoms with Crippen molar-refractivity contribution in [3.8, 4) is 11.1 Å². The number of carbonyl (C=O) groups is 1. The van der Waals surface area contributed by atoms with E-state index in [-0.39, 0.29) is 6.04 Å². The molecule has 4 aromatic rings. The van der Waals surface area contributed by atoms with Gasteiger partial charge in [0.1, 0.15) is 0 Å². The average molecular weight is 544 g/mol. The smallest absolute Gasteiger partial charge is 0.336 e. The van der Waals surface area contributed by atoms with Crippen LogP contribution in [0.1, 0.15) is 84.8 Å². The van der Waals surface area contributed by atoms with Gasteiger partial charge in [-0.3, -0.25) is 0 Å². The van der Waals surface area contributed by atoms with Gasteiger partial charge in [0.2, 0.25) is 0 Å². The van der Waals surface area contributed by atoms with E-state index in [0.29, 0.717) is 5.56 Å². The second-order valence-electron chi connectivity index (χ2n) is 10.9. The van der Waals surface area contributed by atoms with Gasteiger partial charge < -0.3 is 10.4 Å². The number of nitrogens with one attached hydrogen (secondary N) is 1. The van der Waals surface area contributed by atoms with Crippen molar-refractivity contribution in [1.82, 2.24) is 5.32 Å². The average Bonchev–Trinajstić information content (AvgIpc) is 3.00. The van der Waals surface area contributed by atoms with E-state index in [4.69, 9.17) is 0 Å². The number of benzene rings is 4. The third-order valence-electron chi connectivity index (χ3n) is 7.90. The van der Waals surface area contributed by atoms with Gasteiger partial charge in [-0.15, -0.1) is 0 Å². The Balaban J connectivity index is 1.47. The molecule has 41 heavy (non-hydrogen) atoms. The largest absolute Gasteiger partial charge is 0.478 e. The summed E-state index contributed by atoms with van der Waals surface area (Å²) in [6.07, 6.45) is 3.94. The lowest BCUT2D eigenvalue weighted by Gasteiger charge is -2.22. The SMILES string of the molecule is C=C(N[C@@H](CC)c1ccccc1)c1ccc(CCCc2ccc(-c3ccccc3C(=O)O)cc2)c(C(C)=C(C)C)c1. The summed E-state index contributed by atoms with van der Waals surface area (Å²) >= 11 is 0. The van der Waals surface area contributed by atoms with E-state index in [1.165, 1.54) is 33.4 Å². The van der Waals surface area contributed by atoms with Crippen molar-refractivity contribution < 1.29 is 9.90 Å². The van der Waals surface area contributed by atoms with Crippen LogP contribution >= 0.6 is 0 Å². The molecule has 0 aliphatic rings. The second-order valence-corrected chi connectivity index (χ2v) is 10.9. The Morgan fingerprint density at radius 1 is 0.829 bits per heavy atom. The maximum atomic E-state index is 11.6. The normalized spacial score (nSPS) is 11.5. The maximum absolute atomic E-state index is 11.6. The number of rotatable bonds is 12. The summed E-state index contributed by atoms with van der Waals surface area (Å²) in [5.41, 5.74) is 11.9. The van der Waals surface area contributed by atoms with Crippen molar-refractivity contribution in [3.05, 3.63) is 143 Å². The van der Waals surface area contributed by atoms with Crippen LogP contribution in [0.15, 0.2) is 109 Å². The van der Waals surface area contributed by atoms with E-state index in [1.54, 1.807) is 12.1 Å². The molecule has 0 saturated carbocycles. The summed E-state index contributed by atoms with van der Waals surface area (Å²) in [6, 6.07) is 33.0. The second kappa shape index (κ2) is 13.8. The molecule has 0 saturated heterocycles. The maximum Gasteiger partial charge on any atom is 0.336 e. The minimum atomic E-state index is -0.904. The number of hydrogen-bond acceptors (Lipinski definition) is 2. The van der Waals surface area contributed by atoms with E-state index in [2.05, 4.69) is 100 Å². The van der Waals surface area contributed by atoms with Crippen molar-refractivity contribution in [1.29, 1.82) is 0 Å². The Hall–Kier alpha value is -4.37. The first-order chi connectivity index (χ1) is 19.8. The van der Waals surface area contributed by atoms with Gasteiger partial charge in [-0.25, -0.2) is 4.79 Å². The summed E-state index contributed by atoms with van der Waals surface area (Å²) in [5.74, 6) is -0.904. The Labute approximate surface area is 245 Å². The summed E-state index contributed by atoms with van der Waals surface area (Å²) in [5, 5.41) is 13.2. The van der Waals surface area contributed by atoms with Gasteiger partial charge in [0.15, 0.2) is 0 Å². The van der Waals surface area contributed by atoms with Crippen LogP contribution in [-0.4, -0.2) is 11.1 Å².